The fourth-order valence-corrected chi connectivity index (χ4v) is 7.04. The summed E-state index contributed by atoms with van der Waals surface area (Å²) in [6.45, 7) is 0. The number of nitrogens with two attached hydrogens (primary N) is 2. The molecule has 4 aromatic carbocycles. The van der Waals surface area contributed by atoms with E-state index in [-0.39, 0.29) is 45.0 Å². The van der Waals surface area contributed by atoms with Crippen molar-refractivity contribution in [3.8, 4) is 0 Å². The Labute approximate surface area is 274 Å². The number of hydrogen-bond donors (Lipinski definition) is 6. The van der Waals surface area contributed by atoms with Gasteiger partial charge in [0, 0.05) is 11.4 Å². The van der Waals surface area contributed by atoms with Crippen LogP contribution in [0.3, 0.4) is 0 Å². The Balaban J connectivity index is 1.69. The van der Waals surface area contributed by atoms with E-state index in [1.165, 1.54) is 48.5 Å². The molecule has 0 aromatic heterocycles. The van der Waals surface area contributed by atoms with Crippen molar-refractivity contribution in [3.05, 3.63) is 95.1 Å². The van der Waals surface area contributed by atoms with Gasteiger partial charge in [-0.3, -0.25) is 18.2 Å². The zero-order chi connectivity index (χ0) is 35.7. The van der Waals surface area contributed by atoms with E-state index in [1.807, 2.05) is 0 Å². The van der Waals surface area contributed by atoms with Gasteiger partial charge in [0.1, 0.15) is 19.6 Å². The molecule has 0 aliphatic heterocycles. The molecule has 0 fully saturated rings. The topological polar surface area (TPSA) is 294 Å². The Hall–Kier alpha value is -4.80. The van der Waals surface area contributed by atoms with Crippen LogP contribution in [-0.4, -0.2) is 51.9 Å². The molecular formula is C28H24N4O12S4. The van der Waals surface area contributed by atoms with Crippen LogP contribution in [0, 0.1) is 0 Å². The Morgan fingerprint density at radius 3 is 0.938 bits per heavy atom. The van der Waals surface area contributed by atoms with Crippen molar-refractivity contribution in [2.75, 3.05) is 11.5 Å². The molecule has 0 saturated carbocycles. The summed E-state index contributed by atoms with van der Waals surface area (Å²) in [5.41, 5.74) is 10.7. The summed E-state index contributed by atoms with van der Waals surface area (Å²) in [6.07, 6.45) is 4.63. The van der Waals surface area contributed by atoms with E-state index in [1.54, 1.807) is 0 Å². The molecule has 0 saturated heterocycles. The third kappa shape index (κ3) is 8.96. The van der Waals surface area contributed by atoms with Crippen molar-refractivity contribution in [2.24, 2.45) is 10.2 Å². The van der Waals surface area contributed by atoms with Crippen LogP contribution in [0.15, 0.2) is 103 Å². The normalized spacial score (nSPS) is 13.2. The highest BCUT2D eigenvalue weighted by atomic mass is 32.2. The molecule has 252 valence electrons. The first-order valence-corrected chi connectivity index (χ1v) is 18.6. The first-order chi connectivity index (χ1) is 22.1. The minimum atomic E-state index is -4.89. The summed E-state index contributed by atoms with van der Waals surface area (Å²) in [4.78, 5) is -2.41. The van der Waals surface area contributed by atoms with Crippen molar-refractivity contribution < 1.29 is 51.9 Å². The van der Waals surface area contributed by atoms with Gasteiger partial charge in [-0.2, -0.15) is 43.9 Å². The van der Waals surface area contributed by atoms with E-state index in [0.717, 1.165) is 48.6 Å². The van der Waals surface area contributed by atoms with E-state index in [2.05, 4.69) is 10.2 Å². The number of nitrogen functional groups attached to an aromatic ring is 2. The minimum Gasteiger partial charge on any atom is -0.399 e. The summed E-state index contributed by atoms with van der Waals surface area (Å²) in [7, 11) is -19.2. The molecule has 0 heterocycles. The van der Waals surface area contributed by atoms with Crippen LogP contribution in [0.1, 0.15) is 22.3 Å². The minimum absolute atomic E-state index is 0.0374. The molecule has 8 N–H and O–H groups in total. The maximum Gasteiger partial charge on any atom is 0.295 e. The quantitative estimate of drug-likeness (QED) is 0.0562. The second-order valence-electron chi connectivity index (χ2n) is 9.81. The number of nitrogens with zero attached hydrogens (tertiary/aromatic N) is 2. The SMILES string of the molecule is Nc1ccc(C=Cc2ccc(N=Nc3ccc(C=Cc4ccc(N)cc4S(=O)(=O)O)c(S(=O)(=O)O)c3)cc2S(=O)(=O)O)c(S(=O)(=O)O)c1. The van der Waals surface area contributed by atoms with Crippen molar-refractivity contribution >= 4 is 87.5 Å². The zero-order valence-corrected chi connectivity index (χ0v) is 27.2. The van der Waals surface area contributed by atoms with Crippen LogP contribution in [0.2, 0.25) is 0 Å². The van der Waals surface area contributed by atoms with Gasteiger partial charge >= 0.3 is 0 Å². The average Bonchev–Trinajstić information content (AvgIpc) is 2.97. The van der Waals surface area contributed by atoms with Gasteiger partial charge in [-0.05, 0) is 70.8 Å². The van der Waals surface area contributed by atoms with Crippen molar-refractivity contribution in [2.45, 2.75) is 19.6 Å². The first-order valence-electron chi connectivity index (χ1n) is 12.9. The molecule has 20 heteroatoms. The zero-order valence-electron chi connectivity index (χ0n) is 24.0. The molecule has 4 rings (SSSR count). The van der Waals surface area contributed by atoms with Gasteiger partial charge in [0.05, 0.1) is 11.4 Å². The molecule has 0 spiro atoms. The predicted molar refractivity (Wildman–Crippen MR) is 176 cm³/mol. The average molecular weight is 737 g/mol. The second kappa shape index (κ2) is 13.4. The molecule has 0 aliphatic rings. The van der Waals surface area contributed by atoms with E-state index < -0.39 is 60.1 Å². The first kappa shape index (κ1) is 36.0. The molecule has 0 amide bonds. The molecule has 0 atom stereocenters. The summed E-state index contributed by atoms with van der Waals surface area (Å²) in [5, 5.41) is 7.72. The van der Waals surface area contributed by atoms with Gasteiger partial charge in [-0.1, -0.05) is 48.6 Å². The number of azo groups is 1. The number of anilines is 2. The standard InChI is InChI=1S/C28H24N4O12S4/c29-21-9-5-17(25(13-21)45(33,34)35)1-3-19-7-11-23(15-27(19)47(39,40)41)31-32-24-12-8-20(28(16-24)48(42,43)44)4-2-18-6-10-22(30)14-26(18)46(36,37)38/h1-16H,29-30H2,(H,33,34,35)(H,36,37,38)(H,39,40,41)(H,42,43,44). The molecule has 4 aromatic rings. The maximum atomic E-state index is 12.2. The lowest BCUT2D eigenvalue weighted by Crippen LogP contribution is -2.02. The highest BCUT2D eigenvalue weighted by molar-refractivity contribution is 7.86. The van der Waals surface area contributed by atoms with E-state index in [9.17, 15) is 51.9 Å². The summed E-state index contributed by atoms with van der Waals surface area (Å²) < 4.78 is 134. The maximum absolute atomic E-state index is 12.2. The van der Waals surface area contributed by atoms with Gasteiger partial charge in [-0.15, -0.1) is 0 Å². The van der Waals surface area contributed by atoms with Gasteiger partial charge in [0.15, 0.2) is 0 Å². The van der Waals surface area contributed by atoms with E-state index >= 15 is 0 Å². The van der Waals surface area contributed by atoms with Crippen LogP contribution < -0.4 is 11.5 Å². The fraction of sp³-hybridized carbons (Fsp3) is 0. The van der Waals surface area contributed by atoms with Gasteiger partial charge in [0.25, 0.3) is 40.5 Å². The number of benzene rings is 4. The smallest absolute Gasteiger partial charge is 0.295 e. The van der Waals surface area contributed by atoms with Crippen LogP contribution in [0.25, 0.3) is 24.3 Å². The third-order valence-corrected chi connectivity index (χ3v) is 9.98. The van der Waals surface area contributed by atoms with E-state index in [4.69, 9.17) is 11.5 Å². The number of rotatable bonds is 10. The highest BCUT2D eigenvalue weighted by Gasteiger charge is 2.19. The largest absolute Gasteiger partial charge is 0.399 e. The Kier molecular flexibility index (Phi) is 10.0. The lowest BCUT2D eigenvalue weighted by atomic mass is 10.1. The number of hydrogen-bond acceptors (Lipinski definition) is 12. The van der Waals surface area contributed by atoms with Crippen LogP contribution in [0.4, 0.5) is 22.7 Å². The van der Waals surface area contributed by atoms with Gasteiger partial charge < -0.3 is 11.5 Å². The van der Waals surface area contributed by atoms with Gasteiger partial charge in [0.2, 0.25) is 0 Å². The monoisotopic (exact) mass is 736 g/mol. The predicted octanol–water partition coefficient (Wildman–Crippen LogP) is 4.59. The second-order valence-corrected chi connectivity index (χ2v) is 15.4. The molecule has 16 nitrogen and oxygen atoms in total. The lowest BCUT2D eigenvalue weighted by molar-refractivity contribution is 0.480. The van der Waals surface area contributed by atoms with Crippen LogP contribution >= 0.6 is 0 Å². The Morgan fingerprint density at radius 2 is 0.667 bits per heavy atom. The van der Waals surface area contributed by atoms with Crippen molar-refractivity contribution in [1.82, 2.24) is 0 Å². The summed E-state index contributed by atoms with van der Waals surface area (Å²) in [6, 6.07) is 14.0. The van der Waals surface area contributed by atoms with Crippen LogP contribution in [-0.2, 0) is 40.5 Å². The van der Waals surface area contributed by atoms with E-state index in [0.29, 0.717) is 0 Å². The molecule has 48 heavy (non-hydrogen) atoms. The molecular weight excluding hydrogens is 713 g/mol. The van der Waals surface area contributed by atoms with Crippen LogP contribution in [0.5, 0.6) is 0 Å². The lowest BCUT2D eigenvalue weighted by Gasteiger charge is -2.07. The van der Waals surface area contributed by atoms with Crippen molar-refractivity contribution in [3.63, 3.8) is 0 Å². The molecule has 0 unspecified atom stereocenters. The fourth-order valence-electron chi connectivity index (χ4n) is 4.19. The summed E-state index contributed by atoms with van der Waals surface area (Å²) in [5.74, 6) is 0. The third-order valence-electron chi connectivity index (χ3n) is 6.35. The Morgan fingerprint density at radius 1 is 0.417 bits per heavy atom. The summed E-state index contributed by atoms with van der Waals surface area (Å²) >= 11 is 0. The molecule has 0 aliphatic carbocycles. The highest BCUT2D eigenvalue weighted by Crippen LogP contribution is 2.30. The molecule has 0 bridgehead atoms. The van der Waals surface area contributed by atoms with Crippen molar-refractivity contribution in [1.29, 1.82) is 0 Å². The Bertz CT molecular complexity index is 2300. The molecule has 0 radical (unpaired) electrons. The van der Waals surface area contributed by atoms with Gasteiger partial charge in [-0.25, -0.2) is 0 Å².